The average Bonchev–Trinajstić information content (AvgIpc) is 2.28. The van der Waals surface area contributed by atoms with Gasteiger partial charge in [0.1, 0.15) is 0 Å². The summed E-state index contributed by atoms with van der Waals surface area (Å²) in [6.45, 7) is 0.101. The number of unbranched alkanes of at least 4 members (excludes halogenated alkanes) is 1. The minimum atomic E-state index is -3.50. The Morgan fingerprint density at radius 3 is 2.58 bits per heavy atom. The molecule has 9 heteroatoms. The van der Waals surface area contributed by atoms with Gasteiger partial charge in [-0.25, -0.2) is 17.9 Å². The summed E-state index contributed by atoms with van der Waals surface area (Å²) < 4.78 is 39.7. The Morgan fingerprint density at radius 2 is 2.05 bits per heavy atom. The second-order valence-electron chi connectivity index (χ2n) is 3.79. The molecule has 1 aromatic rings. The van der Waals surface area contributed by atoms with E-state index < -0.39 is 20.8 Å². The van der Waals surface area contributed by atoms with Crippen LogP contribution in [0.5, 0.6) is 5.75 Å². The van der Waals surface area contributed by atoms with Crippen LogP contribution in [0.15, 0.2) is 18.2 Å². The number of nitrogens with two attached hydrogens (primary N) is 1. The lowest BCUT2D eigenvalue weighted by Crippen LogP contribution is -2.16. The van der Waals surface area contributed by atoms with E-state index in [0.717, 1.165) is 18.2 Å². The molecule has 0 atom stereocenters. The predicted molar refractivity (Wildman–Crippen MR) is 65.8 cm³/mol. The van der Waals surface area contributed by atoms with Gasteiger partial charge < -0.3 is 4.74 Å². The van der Waals surface area contributed by atoms with E-state index in [1.165, 1.54) is 0 Å². The normalized spacial score (nSPS) is 11.3. The van der Waals surface area contributed by atoms with E-state index in [4.69, 9.17) is 9.88 Å². The first kappa shape index (κ1) is 15.3. The molecule has 0 saturated carbocycles. The maximum atomic E-state index is 13.4. The van der Waals surface area contributed by atoms with Gasteiger partial charge in [0.15, 0.2) is 11.6 Å². The smallest absolute Gasteiger partial charge is 0.272 e. The van der Waals surface area contributed by atoms with Crippen LogP contribution >= 0.6 is 0 Å². The fourth-order valence-corrected chi connectivity index (χ4v) is 1.91. The number of hydrogen-bond donors (Lipinski definition) is 1. The largest absolute Gasteiger partial charge is 0.491 e. The molecule has 0 aliphatic rings. The Hall–Kier alpha value is -1.74. The molecule has 0 fully saturated rings. The van der Waals surface area contributed by atoms with Crippen LogP contribution in [0.2, 0.25) is 0 Å². The molecule has 0 radical (unpaired) electrons. The third kappa shape index (κ3) is 5.62. The third-order valence-electron chi connectivity index (χ3n) is 2.21. The first-order valence-corrected chi connectivity index (χ1v) is 7.08. The van der Waals surface area contributed by atoms with Gasteiger partial charge in [-0.2, -0.15) is 0 Å². The summed E-state index contributed by atoms with van der Waals surface area (Å²) in [7, 11) is -3.50. The molecule has 0 spiro atoms. The lowest BCUT2D eigenvalue weighted by Gasteiger charge is -2.06. The number of nitro benzene ring substituents is 1. The number of halogens is 1. The van der Waals surface area contributed by atoms with Crippen LogP contribution in [0, 0.1) is 15.9 Å². The fourth-order valence-electron chi connectivity index (χ4n) is 1.31. The number of nitrogens with zero attached hydrogens (tertiary/aromatic N) is 1. The molecule has 19 heavy (non-hydrogen) atoms. The summed E-state index contributed by atoms with van der Waals surface area (Å²) in [5.74, 6) is -1.11. The van der Waals surface area contributed by atoms with Crippen molar-refractivity contribution in [2.45, 2.75) is 12.8 Å². The molecule has 0 heterocycles. The average molecular weight is 292 g/mol. The predicted octanol–water partition coefficient (Wildman–Crippen LogP) is 1.18. The van der Waals surface area contributed by atoms with Crippen molar-refractivity contribution in [2.24, 2.45) is 5.14 Å². The van der Waals surface area contributed by atoms with Gasteiger partial charge in [0.2, 0.25) is 10.0 Å². The molecule has 0 aliphatic carbocycles. The molecule has 1 rings (SSSR count). The second kappa shape index (κ2) is 6.43. The number of sulfonamides is 1. The van der Waals surface area contributed by atoms with Crippen molar-refractivity contribution >= 4 is 15.7 Å². The molecule has 0 aromatic heterocycles. The van der Waals surface area contributed by atoms with Gasteiger partial charge in [-0.15, -0.1) is 0 Å². The Kier molecular flexibility index (Phi) is 5.19. The molecule has 106 valence electrons. The topological polar surface area (TPSA) is 113 Å². The number of non-ortho nitro benzene ring substituents is 1. The fraction of sp³-hybridized carbons (Fsp3) is 0.400. The Morgan fingerprint density at radius 1 is 1.37 bits per heavy atom. The maximum absolute atomic E-state index is 13.4. The Bertz CT molecular complexity index is 561. The van der Waals surface area contributed by atoms with E-state index in [-0.39, 0.29) is 23.8 Å². The van der Waals surface area contributed by atoms with Crippen molar-refractivity contribution in [3.8, 4) is 5.75 Å². The number of nitro groups is 1. The van der Waals surface area contributed by atoms with Crippen molar-refractivity contribution in [3.05, 3.63) is 34.1 Å². The molecule has 2 N–H and O–H groups in total. The highest BCUT2D eigenvalue weighted by molar-refractivity contribution is 7.89. The highest BCUT2D eigenvalue weighted by Gasteiger charge is 2.11. The third-order valence-corrected chi connectivity index (χ3v) is 3.06. The number of benzene rings is 1. The number of primary sulfonamides is 1. The van der Waals surface area contributed by atoms with Crippen LogP contribution < -0.4 is 9.88 Å². The molecule has 0 bridgehead atoms. The SMILES string of the molecule is NS(=O)(=O)CCCCOc1ccc([N+](=O)[O-])cc1F. The second-order valence-corrected chi connectivity index (χ2v) is 5.53. The van der Waals surface area contributed by atoms with Crippen LogP contribution in [0.25, 0.3) is 0 Å². The summed E-state index contributed by atoms with van der Waals surface area (Å²) in [6.07, 6.45) is 0.681. The van der Waals surface area contributed by atoms with Crippen LogP contribution in [0.3, 0.4) is 0 Å². The molecule has 0 amide bonds. The standard InChI is InChI=1S/C10H13FN2O5S/c11-9-7-8(13(14)15)3-4-10(9)18-5-1-2-6-19(12,16)17/h3-4,7H,1-2,5-6H2,(H2,12,16,17). The Labute approximate surface area is 109 Å². The molecule has 0 aliphatic heterocycles. The van der Waals surface area contributed by atoms with Crippen LogP contribution in [0.4, 0.5) is 10.1 Å². The van der Waals surface area contributed by atoms with Gasteiger partial charge in [-0.3, -0.25) is 10.1 Å². The minimum Gasteiger partial charge on any atom is -0.491 e. The van der Waals surface area contributed by atoms with Crippen LogP contribution in [-0.4, -0.2) is 25.7 Å². The van der Waals surface area contributed by atoms with Gasteiger partial charge in [0, 0.05) is 6.07 Å². The van der Waals surface area contributed by atoms with E-state index in [2.05, 4.69) is 0 Å². The first-order chi connectivity index (χ1) is 8.79. The summed E-state index contributed by atoms with van der Waals surface area (Å²) in [4.78, 5) is 9.68. The van der Waals surface area contributed by atoms with Crippen molar-refractivity contribution < 1.29 is 22.5 Å². The zero-order chi connectivity index (χ0) is 14.5. The quantitative estimate of drug-likeness (QED) is 0.460. The monoisotopic (exact) mass is 292 g/mol. The summed E-state index contributed by atoms with van der Waals surface area (Å²) >= 11 is 0. The van der Waals surface area contributed by atoms with Crippen LogP contribution in [-0.2, 0) is 10.0 Å². The number of hydrogen-bond acceptors (Lipinski definition) is 5. The Balaban J connectivity index is 2.44. The number of rotatable bonds is 7. The van der Waals surface area contributed by atoms with Crippen LogP contribution in [0.1, 0.15) is 12.8 Å². The van der Waals surface area contributed by atoms with E-state index in [0.29, 0.717) is 12.8 Å². The van der Waals surface area contributed by atoms with E-state index >= 15 is 0 Å². The number of ether oxygens (including phenoxy) is 1. The maximum Gasteiger partial charge on any atom is 0.272 e. The highest BCUT2D eigenvalue weighted by Crippen LogP contribution is 2.22. The molecular weight excluding hydrogens is 279 g/mol. The van der Waals surface area contributed by atoms with Crippen molar-refractivity contribution in [1.82, 2.24) is 0 Å². The lowest BCUT2D eigenvalue weighted by molar-refractivity contribution is -0.385. The highest BCUT2D eigenvalue weighted by atomic mass is 32.2. The van der Waals surface area contributed by atoms with Crippen molar-refractivity contribution in [2.75, 3.05) is 12.4 Å². The first-order valence-electron chi connectivity index (χ1n) is 5.37. The summed E-state index contributed by atoms with van der Waals surface area (Å²) in [6, 6.07) is 3.05. The molecule has 7 nitrogen and oxygen atoms in total. The van der Waals surface area contributed by atoms with Gasteiger partial charge >= 0.3 is 0 Å². The van der Waals surface area contributed by atoms with E-state index in [1.807, 2.05) is 0 Å². The van der Waals surface area contributed by atoms with Gasteiger partial charge in [0.05, 0.1) is 23.3 Å². The van der Waals surface area contributed by atoms with E-state index in [9.17, 15) is 22.9 Å². The van der Waals surface area contributed by atoms with Gasteiger partial charge in [0.25, 0.3) is 5.69 Å². The molecular formula is C10H13FN2O5S. The molecule has 0 unspecified atom stereocenters. The van der Waals surface area contributed by atoms with E-state index in [1.54, 1.807) is 0 Å². The summed E-state index contributed by atoms with van der Waals surface area (Å²) in [5, 5.41) is 15.2. The van der Waals surface area contributed by atoms with Crippen molar-refractivity contribution in [3.63, 3.8) is 0 Å². The van der Waals surface area contributed by atoms with Crippen molar-refractivity contribution in [1.29, 1.82) is 0 Å². The lowest BCUT2D eigenvalue weighted by atomic mass is 10.3. The van der Waals surface area contributed by atoms with Gasteiger partial charge in [-0.1, -0.05) is 0 Å². The zero-order valence-electron chi connectivity index (χ0n) is 9.91. The summed E-state index contributed by atoms with van der Waals surface area (Å²) in [5.41, 5.74) is -0.362. The molecule has 1 aromatic carbocycles. The molecule has 0 saturated heterocycles. The van der Waals surface area contributed by atoms with Gasteiger partial charge in [-0.05, 0) is 18.9 Å². The minimum absolute atomic E-state index is 0.101. The zero-order valence-corrected chi connectivity index (χ0v) is 10.7.